The fourth-order valence-corrected chi connectivity index (χ4v) is 4.31. The lowest BCUT2D eigenvalue weighted by Crippen LogP contribution is -2.49. The van der Waals surface area contributed by atoms with Gasteiger partial charge < -0.3 is 25.4 Å². The number of hydrogen-bond acceptors (Lipinski definition) is 6. The summed E-state index contributed by atoms with van der Waals surface area (Å²) in [6.45, 7) is 10.0. The normalized spacial score (nSPS) is 16.0. The molecule has 9 nitrogen and oxygen atoms in total. The molecule has 38 heavy (non-hydrogen) atoms. The molecular weight excluding hydrogens is 486 g/mol. The van der Waals surface area contributed by atoms with E-state index in [1.165, 1.54) is 6.08 Å². The van der Waals surface area contributed by atoms with E-state index in [0.29, 0.717) is 25.9 Å². The van der Waals surface area contributed by atoms with E-state index in [2.05, 4.69) is 23.8 Å². The van der Waals surface area contributed by atoms with Gasteiger partial charge in [-0.2, -0.15) is 0 Å². The molecule has 0 aromatic heterocycles. The fraction of sp³-hybridized carbons (Fsp3) is 0.517. The summed E-state index contributed by atoms with van der Waals surface area (Å²) in [4.78, 5) is 53.2. The second-order valence-electron chi connectivity index (χ2n) is 9.71. The van der Waals surface area contributed by atoms with Crippen LogP contribution >= 0.6 is 0 Å². The zero-order valence-corrected chi connectivity index (χ0v) is 22.3. The SMILES string of the molecule is C=CCC(C(=O)N[C@H](COC(=O)[C@H](CC=C)CC(=O)N1CCCC1)Cc1ccccc1)C(=O)N[C@@H](C)CO. The third-order valence-corrected chi connectivity index (χ3v) is 6.46. The van der Waals surface area contributed by atoms with Crippen molar-refractivity contribution in [3.63, 3.8) is 0 Å². The lowest BCUT2D eigenvalue weighted by Gasteiger charge is -2.24. The van der Waals surface area contributed by atoms with Gasteiger partial charge in [0.2, 0.25) is 17.7 Å². The Labute approximate surface area is 225 Å². The number of allylic oxidation sites excluding steroid dienone is 2. The number of rotatable bonds is 16. The molecule has 0 aliphatic carbocycles. The monoisotopic (exact) mass is 527 g/mol. The molecule has 1 unspecified atom stereocenters. The number of benzene rings is 1. The molecule has 1 aliphatic heterocycles. The van der Waals surface area contributed by atoms with Gasteiger partial charge in [0, 0.05) is 25.6 Å². The van der Waals surface area contributed by atoms with Crippen LogP contribution in [0.15, 0.2) is 55.6 Å². The average molecular weight is 528 g/mol. The Morgan fingerprint density at radius 2 is 1.66 bits per heavy atom. The summed E-state index contributed by atoms with van der Waals surface area (Å²) in [5.41, 5.74) is 0.916. The highest BCUT2D eigenvalue weighted by Crippen LogP contribution is 2.18. The summed E-state index contributed by atoms with van der Waals surface area (Å²) in [5.74, 6) is -3.37. The summed E-state index contributed by atoms with van der Waals surface area (Å²) < 4.78 is 5.61. The Balaban J connectivity index is 2.10. The fourth-order valence-electron chi connectivity index (χ4n) is 4.31. The maximum absolute atomic E-state index is 13.1. The first-order valence-electron chi connectivity index (χ1n) is 13.2. The second kappa shape index (κ2) is 16.4. The van der Waals surface area contributed by atoms with Crippen LogP contribution in [0, 0.1) is 11.8 Å². The predicted octanol–water partition coefficient (Wildman–Crippen LogP) is 2.15. The number of carbonyl (C=O) groups is 4. The molecule has 1 aromatic rings. The van der Waals surface area contributed by atoms with Gasteiger partial charge in [0.25, 0.3) is 0 Å². The van der Waals surface area contributed by atoms with Gasteiger partial charge in [0.05, 0.1) is 18.6 Å². The van der Waals surface area contributed by atoms with Gasteiger partial charge in [0.1, 0.15) is 12.5 Å². The van der Waals surface area contributed by atoms with E-state index in [4.69, 9.17) is 4.74 Å². The lowest BCUT2D eigenvalue weighted by molar-refractivity contribution is -0.152. The summed E-state index contributed by atoms with van der Waals surface area (Å²) in [6, 6.07) is 8.29. The van der Waals surface area contributed by atoms with Crippen LogP contribution in [0.1, 0.15) is 44.6 Å². The summed E-state index contributed by atoms with van der Waals surface area (Å²) in [6.07, 6.45) is 5.83. The van der Waals surface area contributed by atoms with Crippen molar-refractivity contribution in [3.8, 4) is 0 Å². The molecule has 0 spiro atoms. The summed E-state index contributed by atoms with van der Waals surface area (Å²) in [7, 11) is 0. The van der Waals surface area contributed by atoms with Crippen molar-refractivity contribution in [2.24, 2.45) is 11.8 Å². The minimum atomic E-state index is -1.05. The first-order chi connectivity index (χ1) is 18.3. The zero-order valence-electron chi connectivity index (χ0n) is 22.3. The van der Waals surface area contributed by atoms with Crippen LogP contribution in [-0.2, 0) is 30.3 Å². The Kier molecular flexibility index (Phi) is 13.3. The van der Waals surface area contributed by atoms with Gasteiger partial charge in [-0.15, -0.1) is 13.2 Å². The van der Waals surface area contributed by atoms with Gasteiger partial charge >= 0.3 is 5.97 Å². The molecule has 3 amide bonds. The Morgan fingerprint density at radius 1 is 1.03 bits per heavy atom. The number of hydrogen-bond donors (Lipinski definition) is 3. The van der Waals surface area contributed by atoms with Gasteiger partial charge in [-0.05, 0) is 44.6 Å². The number of esters is 1. The van der Waals surface area contributed by atoms with Crippen LogP contribution in [0.25, 0.3) is 0 Å². The summed E-state index contributed by atoms with van der Waals surface area (Å²) >= 11 is 0. The maximum Gasteiger partial charge on any atom is 0.309 e. The Hall–Kier alpha value is -3.46. The van der Waals surface area contributed by atoms with E-state index in [0.717, 1.165) is 18.4 Å². The van der Waals surface area contributed by atoms with Gasteiger partial charge in [-0.25, -0.2) is 0 Å². The number of carbonyl (C=O) groups excluding carboxylic acids is 4. The van der Waals surface area contributed by atoms with Crippen molar-refractivity contribution in [2.45, 2.75) is 57.5 Å². The average Bonchev–Trinajstić information content (AvgIpc) is 3.45. The van der Waals surface area contributed by atoms with E-state index >= 15 is 0 Å². The number of aliphatic hydroxyl groups is 1. The molecule has 9 heteroatoms. The molecular formula is C29H41N3O6. The van der Waals surface area contributed by atoms with Crippen LogP contribution in [0.5, 0.6) is 0 Å². The molecule has 4 atom stereocenters. The highest BCUT2D eigenvalue weighted by atomic mass is 16.5. The number of aliphatic hydroxyl groups excluding tert-OH is 1. The molecule has 1 heterocycles. The van der Waals surface area contributed by atoms with E-state index < -0.39 is 41.7 Å². The van der Waals surface area contributed by atoms with Crippen LogP contribution < -0.4 is 10.6 Å². The van der Waals surface area contributed by atoms with E-state index in [1.54, 1.807) is 17.9 Å². The molecule has 2 rings (SSSR count). The van der Waals surface area contributed by atoms with Crippen LogP contribution in [0.2, 0.25) is 0 Å². The minimum Gasteiger partial charge on any atom is -0.463 e. The van der Waals surface area contributed by atoms with Gasteiger partial charge in [-0.3, -0.25) is 19.2 Å². The lowest BCUT2D eigenvalue weighted by atomic mass is 10.00. The molecule has 3 N–H and O–H groups in total. The third kappa shape index (κ3) is 10.1. The topological polar surface area (TPSA) is 125 Å². The van der Waals surface area contributed by atoms with Crippen LogP contribution in [-0.4, -0.2) is 72.1 Å². The van der Waals surface area contributed by atoms with Crippen molar-refractivity contribution in [3.05, 3.63) is 61.2 Å². The first kappa shape index (κ1) is 30.8. The number of ether oxygens (including phenoxy) is 1. The molecule has 0 saturated carbocycles. The van der Waals surface area contributed by atoms with Gasteiger partial charge in [0.15, 0.2) is 0 Å². The van der Waals surface area contributed by atoms with Crippen LogP contribution in [0.4, 0.5) is 0 Å². The van der Waals surface area contributed by atoms with E-state index in [-0.39, 0.29) is 32.0 Å². The predicted molar refractivity (Wildman–Crippen MR) is 145 cm³/mol. The molecule has 1 aliphatic rings. The first-order valence-corrected chi connectivity index (χ1v) is 13.2. The minimum absolute atomic E-state index is 0.0468. The highest BCUT2D eigenvalue weighted by molar-refractivity contribution is 6.00. The smallest absolute Gasteiger partial charge is 0.309 e. The van der Waals surface area contributed by atoms with E-state index in [9.17, 15) is 24.3 Å². The second-order valence-corrected chi connectivity index (χ2v) is 9.71. The third-order valence-electron chi connectivity index (χ3n) is 6.46. The van der Waals surface area contributed by atoms with Crippen LogP contribution in [0.3, 0.4) is 0 Å². The largest absolute Gasteiger partial charge is 0.463 e. The van der Waals surface area contributed by atoms with Crippen molar-refractivity contribution in [1.82, 2.24) is 15.5 Å². The summed E-state index contributed by atoms with van der Waals surface area (Å²) in [5, 5.41) is 14.7. The molecule has 0 radical (unpaired) electrons. The van der Waals surface area contributed by atoms with Crippen molar-refractivity contribution >= 4 is 23.7 Å². The highest BCUT2D eigenvalue weighted by Gasteiger charge is 2.30. The zero-order chi connectivity index (χ0) is 27.9. The Morgan fingerprint density at radius 3 is 2.26 bits per heavy atom. The molecule has 1 fully saturated rings. The number of nitrogens with zero attached hydrogens (tertiary/aromatic N) is 1. The standard InChI is InChI=1S/C29H41N3O6/c1-4-11-23(18-26(34)32-15-9-10-16-32)29(37)38-20-24(17-22-13-7-6-8-14-22)31-28(36)25(12-5-2)27(35)30-21(3)19-33/h4-8,13-14,21,23-25,33H,1-2,9-12,15-20H2,3H3,(H,30,35)(H,31,36)/t21-,23+,24-,25?/m0/s1. The Bertz CT molecular complexity index is 945. The quantitative estimate of drug-likeness (QED) is 0.172. The van der Waals surface area contributed by atoms with Gasteiger partial charge in [-0.1, -0.05) is 42.5 Å². The van der Waals surface area contributed by atoms with Crippen molar-refractivity contribution < 1.29 is 29.0 Å². The van der Waals surface area contributed by atoms with Crippen molar-refractivity contribution in [1.29, 1.82) is 0 Å². The number of likely N-dealkylation sites (tertiary alicyclic amines) is 1. The molecule has 208 valence electrons. The number of amides is 3. The molecule has 1 saturated heterocycles. The molecule has 0 bridgehead atoms. The van der Waals surface area contributed by atoms with E-state index in [1.807, 2.05) is 30.3 Å². The molecule has 1 aromatic carbocycles. The number of nitrogens with one attached hydrogen (secondary N) is 2. The van der Waals surface area contributed by atoms with Crippen molar-refractivity contribution in [2.75, 3.05) is 26.3 Å². The maximum atomic E-state index is 13.1.